The summed E-state index contributed by atoms with van der Waals surface area (Å²) >= 11 is 0. The maximum absolute atomic E-state index is 11.9. The van der Waals surface area contributed by atoms with Gasteiger partial charge in [0.25, 0.3) is 0 Å². The number of hydrogen-bond acceptors (Lipinski definition) is 5. The molecule has 0 saturated carbocycles. The summed E-state index contributed by atoms with van der Waals surface area (Å²) in [7, 11) is 1.96. The van der Waals surface area contributed by atoms with E-state index in [1.807, 2.05) is 24.7 Å². The molecule has 100 valence electrons. The van der Waals surface area contributed by atoms with Gasteiger partial charge in [0.1, 0.15) is 11.9 Å². The van der Waals surface area contributed by atoms with Crippen molar-refractivity contribution in [1.82, 2.24) is 19.8 Å². The molecular formula is C12H20N4O2. The highest BCUT2D eigenvalue weighted by Gasteiger charge is 2.30. The van der Waals surface area contributed by atoms with Gasteiger partial charge in [0, 0.05) is 39.1 Å². The standard InChI is InChI=1S/C12H20N4O2/c1-3-18-12(17)10-8-13-4-7-16(10)9-11-14-5-6-15(11)2/h5-6,10,13H,3-4,7-9H2,1-2H3. The predicted molar refractivity (Wildman–Crippen MR) is 66.9 cm³/mol. The Balaban J connectivity index is 2.04. The largest absolute Gasteiger partial charge is 0.465 e. The van der Waals surface area contributed by atoms with Crippen molar-refractivity contribution in [2.24, 2.45) is 7.05 Å². The Kier molecular flexibility index (Phi) is 4.33. The highest BCUT2D eigenvalue weighted by molar-refractivity contribution is 5.76. The molecule has 6 heteroatoms. The van der Waals surface area contributed by atoms with E-state index in [0.717, 1.165) is 18.9 Å². The van der Waals surface area contributed by atoms with Crippen molar-refractivity contribution in [3.63, 3.8) is 0 Å². The lowest BCUT2D eigenvalue weighted by atomic mass is 10.2. The fourth-order valence-corrected chi connectivity index (χ4v) is 2.14. The summed E-state index contributed by atoms with van der Waals surface area (Å²) in [6.07, 6.45) is 3.69. The number of nitrogens with zero attached hydrogens (tertiary/aromatic N) is 3. The molecule has 1 fully saturated rings. The van der Waals surface area contributed by atoms with Gasteiger partial charge in [-0.25, -0.2) is 4.98 Å². The summed E-state index contributed by atoms with van der Waals surface area (Å²) in [6, 6.07) is -0.213. The average molecular weight is 252 g/mol. The maximum atomic E-state index is 11.9. The van der Waals surface area contributed by atoms with Crippen molar-refractivity contribution in [2.45, 2.75) is 19.5 Å². The van der Waals surface area contributed by atoms with E-state index in [1.165, 1.54) is 0 Å². The van der Waals surface area contributed by atoms with E-state index in [9.17, 15) is 4.79 Å². The van der Waals surface area contributed by atoms with Crippen LogP contribution in [-0.2, 0) is 23.1 Å². The van der Waals surface area contributed by atoms with E-state index in [4.69, 9.17) is 4.74 Å². The second-order valence-corrected chi connectivity index (χ2v) is 4.40. The van der Waals surface area contributed by atoms with Crippen LogP contribution in [0.5, 0.6) is 0 Å². The summed E-state index contributed by atoms with van der Waals surface area (Å²) in [5.41, 5.74) is 0. The van der Waals surface area contributed by atoms with Gasteiger partial charge in [0.2, 0.25) is 0 Å². The molecule has 0 aliphatic carbocycles. The Morgan fingerprint density at radius 1 is 1.67 bits per heavy atom. The lowest BCUT2D eigenvalue weighted by molar-refractivity contribution is -0.150. The fraction of sp³-hybridized carbons (Fsp3) is 0.667. The third-order valence-electron chi connectivity index (χ3n) is 3.18. The molecule has 0 radical (unpaired) electrons. The number of ether oxygens (including phenoxy) is 1. The molecule has 0 aromatic carbocycles. The molecule has 18 heavy (non-hydrogen) atoms. The van der Waals surface area contributed by atoms with Gasteiger partial charge in [-0.15, -0.1) is 0 Å². The van der Waals surface area contributed by atoms with Gasteiger partial charge >= 0.3 is 5.97 Å². The van der Waals surface area contributed by atoms with Crippen LogP contribution in [0.1, 0.15) is 12.7 Å². The van der Waals surface area contributed by atoms with Crippen LogP contribution in [0.3, 0.4) is 0 Å². The minimum Gasteiger partial charge on any atom is -0.465 e. The molecule has 0 spiro atoms. The van der Waals surface area contributed by atoms with Gasteiger partial charge in [-0.2, -0.15) is 0 Å². The lowest BCUT2D eigenvalue weighted by Gasteiger charge is -2.34. The minimum atomic E-state index is -0.213. The van der Waals surface area contributed by atoms with E-state index in [-0.39, 0.29) is 12.0 Å². The van der Waals surface area contributed by atoms with Gasteiger partial charge in [-0.1, -0.05) is 0 Å². The molecule has 0 bridgehead atoms. The van der Waals surface area contributed by atoms with E-state index in [2.05, 4.69) is 15.2 Å². The minimum absolute atomic E-state index is 0.154. The summed E-state index contributed by atoms with van der Waals surface area (Å²) in [5.74, 6) is 0.810. The number of aryl methyl sites for hydroxylation is 1. The molecule has 2 heterocycles. The molecule has 1 aliphatic heterocycles. The first kappa shape index (κ1) is 13.0. The number of piperazine rings is 1. The number of carbonyl (C=O) groups excluding carboxylic acids is 1. The summed E-state index contributed by atoms with van der Waals surface area (Å²) < 4.78 is 7.09. The number of nitrogens with one attached hydrogen (secondary N) is 1. The van der Waals surface area contributed by atoms with Crippen LogP contribution in [0.2, 0.25) is 0 Å². The van der Waals surface area contributed by atoms with E-state index in [0.29, 0.717) is 19.7 Å². The van der Waals surface area contributed by atoms with Crippen LogP contribution in [0.15, 0.2) is 12.4 Å². The van der Waals surface area contributed by atoms with Crippen LogP contribution in [0, 0.1) is 0 Å². The summed E-state index contributed by atoms with van der Waals surface area (Å²) in [5, 5.41) is 3.23. The zero-order chi connectivity index (χ0) is 13.0. The molecule has 0 amide bonds. The van der Waals surface area contributed by atoms with Crippen LogP contribution in [0.4, 0.5) is 0 Å². The van der Waals surface area contributed by atoms with Gasteiger partial charge in [0.05, 0.1) is 13.2 Å². The maximum Gasteiger partial charge on any atom is 0.324 e. The molecule has 6 nitrogen and oxygen atoms in total. The highest BCUT2D eigenvalue weighted by atomic mass is 16.5. The molecule has 1 saturated heterocycles. The number of imidazole rings is 1. The zero-order valence-corrected chi connectivity index (χ0v) is 10.9. The highest BCUT2D eigenvalue weighted by Crippen LogP contribution is 2.10. The second-order valence-electron chi connectivity index (χ2n) is 4.40. The van der Waals surface area contributed by atoms with Crippen LogP contribution < -0.4 is 5.32 Å². The Morgan fingerprint density at radius 2 is 2.50 bits per heavy atom. The van der Waals surface area contributed by atoms with Crippen LogP contribution in [-0.4, -0.2) is 52.7 Å². The summed E-state index contributed by atoms with van der Waals surface area (Å²) in [4.78, 5) is 18.3. The molecule has 1 unspecified atom stereocenters. The Bertz CT molecular complexity index is 405. The van der Waals surface area contributed by atoms with E-state index in [1.54, 1.807) is 6.20 Å². The number of esters is 1. The van der Waals surface area contributed by atoms with Crippen molar-refractivity contribution in [3.05, 3.63) is 18.2 Å². The topological polar surface area (TPSA) is 59.4 Å². The third-order valence-corrected chi connectivity index (χ3v) is 3.18. The fourth-order valence-electron chi connectivity index (χ4n) is 2.14. The number of aromatic nitrogens is 2. The first-order valence-corrected chi connectivity index (χ1v) is 6.30. The van der Waals surface area contributed by atoms with Gasteiger partial charge in [0.15, 0.2) is 0 Å². The summed E-state index contributed by atoms with van der Waals surface area (Å²) in [6.45, 7) is 5.29. The van der Waals surface area contributed by atoms with Crippen molar-refractivity contribution in [1.29, 1.82) is 0 Å². The molecule has 1 aliphatic rings. The Hall–Kier alpha value is -1.40. The molecular weight excluding hydrogens is 232 g/mol. The normalized spacial score (nSPS) is 20.9. The Labute approximate surface area is 107 Å². The molecule has 1 atom stereocenters. The van der Waals surface area contributed by atoms with Crippen molar-refractivity contribution >= 4 is 5.97 Å². The van der Waals surface area contributed by atoms with Crippen molar-refractivity contribution in [2.75, 3.05) is 26.2 Å². The average Bonchev–Trinajstić information content (AvgIpc) is 2.76. The second kappa shape index (κ2) is 5.97. The van der Waals surface area contributed by atoms with Crippen molar-refractivity contribution < 1.29 is 9.53 Å². The molecule has 1 N–H and O–H groups in total. The van der Waals surface area contributed by atoms with Crippen molar-refractivity contribution in [3.8, 4) is 0 Å². The SMILES string of the molecule is CCOC(=O)C1CNCCN1Cc1nccn1C. The van der Waals surface area contributed by atoms with Gasteiger partial charge < -0.3 is 14.6 Å². The van der Waals surface area contributed by atoms with E-state index < -0.39 is 0 Å². The predicted octanol–water partition coefficient (Wildman–Crippen LogP) is -0.243. The van der Waals surface area contributed by atoms with Crippen LogP contribution in [0.25, 0.3) is 0 Å². The van der Waals surface area contributed by atoms with Gasteiger partial charge in [-0.3, -0.25) is 9.69 Å². The van der Waals surface area contributed by atoms with Crippen LogP contribution >= 0.6 is 0 Å². The first-order chi connectivity index (χ1) is 8.72. The smallest absolute Gasteiger partial charge is 0.324 e. The molecule has 1 aromatic heterocycles. The molecule has 2 rings (SSSR count). The Morgan fingerprint density at radius 3 is 3.17 bits per heavy atom. The number of carbonyl (C=O) groups is 1. The monoisotopic (exact) mass is 252 g/mol. The first-order valence-electron chi connectivity index (χ1n) is 6.30. The quantitative estimate of drug-likeness (QED) is 0.749. The van der Waals surface area contributed by atoms with E-state index >= 15 is 0 Å². The zero-order valence-electron chi connectivity index (χ0n) is 10.9. The number of hydrogen-bond donors (Lipinski definition) is 1. The molecule has 1 aromatic rings. The van der Waals surface area contributed by atoms with Gasteiger partial charge in [-0.05, 0) is 6.92 Å². The lowest BCUT2D eigenvalue weighted by Crippen LogP contribution is -2.55. The third kappa shape index (κ3) is 2.88. The number of rotatable bonds is 4.